The van der Waals surface area contributed by atoms with Gasteiger partial charge in [0.15, 0.2) is 23.0 Å². The summed E-state index contributed by atoms with van der Waals surface area (Å²) in [5.41, 5.74) is 3.38. The van der Waals surface area contributed by atoms with Crippen molar-refractivity contribution in [3.05, 3.63) is 83.4 Å². The molecular weight excluding hydrogens is 737 g/mol. The number of carbonyl (C=O) groups excluding carboxylic acids is 2. The SMILES string of the molecule is COC(=O)c1cc(OC)c2c(c1-c1c(C(=O)NC(/C=N/OCc3ccc(-c4ccccc4)cc3)CO)cc(OC)c3c1OCO3)OCO2.O=C(O)C(F)(F)F. The molecule has 290 valence electrons. The second kappa shape index (κ2) is 17.4. The Kier molecular flexibility index (Phi) is 12.5. The summed E-state index contributed by atoms with van der Waals surface area (Å²) < 4.78 is 70.7. The fourth-order valence-corrected chi connectivity index (χ4v) is 5.35. The van der Waals surface area contributed by atoms with Gasteiger partial charge in [0, 0.05) is 11.1 Å². The van der Waals surface area contributed by atoms with E-state index >= 15 is 0 Å². The number of hydrogen-bond donors (Lipinski definition) is 3. The highest BCUT2D eigenvalue weighted by Gasteiger charge is 2.39. The minimum Gasteiger partial charge on any atom is -0.493 e. The Hall–Kier alpha value is -6.69. The van der Waals surface area contributed by atoms with Crippen LogP contribution in [0.3, 0.4) is 0 Å². The maximum absolute atomic E-state index is 14.0. The largest absolute Gasteiger partial charge is 0.493 e. The summed E-state index contributed by atoms with van der Waals surface area (Å²) in [6.45, 7) is -0.669. The number of methoxy groups -OCH3 is 3. The highest BCUT2D eigenvalue weighted by Crippen LogP contribution is 2.56. The van der Waals surface area contributed by atoms with Crippen LogP contribution in [0.1, 0.15) is 26.3 Å². The molecule has 0 spiro atoms. The van der Waals surface area contributed by atoms with Crippen molar-refractivity contribution in [1.82, 2.24) is 5.32 Å². The molecule has 3 N–H and O–H groups in total. The minimum atomic E-state index is -5.08. The quantitative estimate of drug-likeness (QED) is 0.0969. The van der Waals surface area contributed by atoms with Gasteiger partial charge in [-0.05, 0) is 28.8 Å². The van der Waals surface area contributed by atoms with Crippen molar-refractivity contribution in [2.24, 2.45) is 5.16 Å². The summed E-state index contributed by atoms with van der Waals surface area (Å²) in [5.74, 6) is -3.02. The van der Waals surface area contributed by atoms with Crippen molar-refractivity contribution < 1.29 is 75.8 Å². The summed E-state index contributed by atoms with van der Waals surface area (Å²) in [7, 11) is 4.05. The maximum atomic E-state index is 14.0. The predicted molar refractivity (Wildman–Crippen MR) is 186 cm³/mol. The number of fused-ring (bicyclic) bond motifs is 2. The Bertz CT molecular complexity index is 2060. The lowest BCUT2D eigenvalue weighted by Crippen LogP contribution is -2.39. The Balaban J connectivity index is 0.000000757. The van der Waals surface area contributed by atoms with E-state index in [1.54, 1.807) is 0 Å². The van der Waals surface area contributed by atoms with Crippen LogP contribution in [-0.4, -0.2) is 88.0 Å². The Labute approximate surface area is 310 Å². The molecule has 2 aliphatic heterocycles. The second-order valence-electron chi connectivity index (χ2n) is 11.3. The van der Waals surface area contributed by atoms with E-state index in [4.69, 9.17) is 47.9 Å². The van der Waals surface area contributed by atoms with Crippen molar-refractivity contribution >= 4 is 24.1 Å². The first-order valence-electron chi connectivity index (χ1n) is 16.0. The first-order valence-corrected chi connectivity index (χ1v) is 16.0. The zero-order valence-electron chi connectivity index (χ0n) is 29.3. The molecule has 55 heavy (non-hydrogen) atoms. The van der Waals surface area contributed by atoms with Gasteiger partial charge < -0.3 is 53.5 Å². The molecule has 4 aromatic rings. The van der Waals surface area contributed by atoms with E-state index in [9.17, 15) is 27.9 Å². The summed E-state index contributed by atoms with van der Waals surface area (Å²) in [5, 5.41) is 23.9. The summed E-state index contributed by atoms with van der Waals surface area (Å²) in [6.07, 6.45) is -3.80. The molecule has 2 aliphatic rings. The minimum absolute atomic E-state index is 0.00962. The number of rotatable bonds is 12. The van der Waals surface area contributed by atoms with Crippen molar-refractivity contribution in [3.8, 4) is 56.8 Å². The summed E-state index contributed by atoms with van der Waals surface area (Å²) >= 11 is 0. The number of aliphatic hydroxyl groups excluding tert-OH is 1. The number of carbonyl (C=O) groups is 3. The van der Waals surface area contributed by atoms with Crippen LogP contribution in [0.4, 0.5) is 13.2 Å². The fourth-order valence-electron chi connectivity index (χ4n) is 5.35. The van der Waals surface area contributed by atoms with E-state index in [0.717, 1.165) is 16.7 Å². The van der Waals surface area contributed by atoms with Gasteiger partial charge in [0.25, 0.3) is 5.91 Å². The number of alkyl halides is 3. The Morgan fingerprint density at radius 1 is 0.818 bits per heavy atom. The van der Waals surface area contributed by atoms with Gasteiger partial charge >= 0.3 is 18.1 Å². The third-order valence-electron chi connectivity index (χ3n) is 7.92. The molecular formula is C37H33F3N2O13. The van der Waals surface area contributed by atoms with Crippen molar-refractivity contribution in [2.45, 2.75) is 18.8 Å². The normalized spacial score (nSPS) is 13.0. The van der Waals surface area contributed by atoms with Crippen molar-refractivity contribution in [3.63, 3.8) is 0 Å². The van der Waals surface area contributed by atoms with E-state index in [-0.39, 0.29) is 76.9 Å². The van der Waals surface area contributed by atoms with Gasteiger partial charge in [0.2, 0.25) is 25.1 Å². The molecule has 2 heterocycles. The molecule has 0 aromatic heterocycles. The molecule has 0 saturated carbocycles. The van der Waals surface area contributed by atoms with Crippen LogP contribution in [0.2, 0.25) is 0 Å². The fraction of sp³-hybridized carbons (Fsp3) is 0.243. The van der Waals surface area contributed by atoms with Crippen LogP contribution in [-0.2, 0) is 21.0 Å². The molecule has 0 saturated heterocycles. The number of hydrogen-bond acceptors (Lipinski definition) is 13. The van der Waals surface area contributed by atoms with E-state index in [2.05, 4.69) is 10.5 Å². The zero-order valence-corrected chi connectivity index (χ0v) is 29.3. The van der Waals surface area contributed by atoms with E-state index in [1.807, 2.05) is 54.6 Å². The van der Waals surface area contributed by atoms with Crippen LogP contribution in [0, 0.1) is 0 Å². The molecule has 18 heteroatoms. The van der Waals surface area contributed by atoms with Gasteiger partial charge in [-0.15, -0.1) is 0 Å². The Morgan fingerprint density at radius 2 is 1.33 bits per heavy atom. The van der Waals surface area contributed by atoms with Gasteiger partial charge in [0.1, 0.15) is 6.61 Å². The number of nitrogens with zero attached hydrogens (tertiary/aromatic N) is 1. The number of carboxylic acids is 1. The number of aliphatic hydroxyl groups is 1. The van der Waals surface area contributed by atoms with Crippen LogP contribution in [0.25, 0.3) is 22.3 Å². The predicted octanol–water partition coefficient (Wildman–Crippen LogP) is 5.21. The monoisotopic (exact) mass is 770 g/mol. The van der Waals surface area contributed by atoms with E-state index in [0.29, 0.717) is 0 Å². The van der Waals surface area contributed by atoms with E-state index < -0.39 is 36.7 Å². The number of benzene rings is 4. The summed E-state index contributed by atoms with van der Waals surface area (Å²) in [6, 6.07) is 19.8. The highest BCUT2D eigenvalue weighted by molar-refractivity contribution is 6.10. The van der Waals surface area contributed by atoms with Crippen LogP contribution in [0.5, 0.6) is 34.5 Å². The average molecular weight is 771 g/mol. The Morgan fingerprint density at radius 3 is 1.84 bits per heavy atom. The highest BCUT2D eigenvalue weighted by atomic mass is 19.4. The number of ether oxygens (including phenoxy) is 7. The van der Waals surface area contributed by atoms with Crippen LogP contribution >= 0.6 is 0 Å². The van der Waals surface area contributed by atoms with Crippen LogP contribution < -0.4 is 33.7 Å². The molecule has 1 atom stereocenters. The lowest BCUT2D eigenvalue weighted by molar-refractivity contribution is -0.192. The standard InChI is InChI=1S/C35H32N2O11.C2HF3O2/c1-41-26-13-24(34(39)37-23(16-38)15-36-48-17-20-9-11-22(12-10-20)21-7-5-4-6-8-21)28(32-30(26)44-18-46-32)29-25(35(40)43-3)14-27(42-2)31-33(29)47-19-45-31;3-2(4,5)1(6)7/h4-15,23,38H,16-19H2,1-3H3,(H,37,39);(H,6,7)/b36-15+;. The molecule has 6 rings (SSSR count). The maximum Gasteiger partial charge on any atom is 0.490 e. The molecule has 4 aromatic carbocycles. The second-order valence-corrected chi connectivity index (χ2v) is 11.3. The third kappa shape index (κ3) is 8.93. The summed E-state index contributed by atoms with van der Waals surface area (Å²) in [4.78, 5) is 41.4. The number of aliphatic carboxylic acids is 1. The van der Waals surface area contributed by atoms with Gasteiger partial charge in [-0.1, -0.05) is 59.8 Å². The molecule has 0 radical (unpaired) electrons. The zero-order chi connectivity index (χ0) is 39.7. The molecule has 0 fully saturated rings. The topological polar surface area (TPSA) is 190 Å². The number of amides is 1. The van der Waals surface area contributed by atoms with Gasteiger partial charge in [-0.25, -0.2) is 9.59 Å². The number of esters is 1. The third-order valence-corrected chi connectivity index (χ3v) is 7.92. The van der Waals surface area contributed by atoms with Gasteiger partial charge in [-0.3, -0.25) is 4.79 Å². The lowest BCUT2D eigenvalue weighted by Gasteiger charge is -2.20. The van der Waals surface area contributed by atoms with Crippen molar-refractivity contribution in [1.29, 1.82) is 0 Å². The molecule has 15 nitrogen and oxygen atoms in total. The van der Waals surface area contributed by atoms with E-state index in [1.165, 1.54) is 39.7 Å². The van der Waals surface area contributed by atoms with Crippen LogP contribution in [0.15, 0.2) is 71.9 Å². The smallest absolute Gasteiger partial charge is 0.490 e. The van der Waals surface area contributed by atoms with Gasteiger partial charge in [-0.2, -0.15) is 13.2 Å². The number of halogens is 3. The average Bonchev–Trinajstić information content (AvgIpc) is 3.89. The first-order chi connectivity index (χ1) is 26.4. The molecule has 1 unspecified atom stereocenters. The van der Waals surface area contributed by atoms with Gasteiger partial charge in [0.05, 0.1) is 51.3 Å². The number of carboxylic acid groups (broad SMARTS) is 1. The van der Waals surface area contributed by atoms with Crippen molar-refractivity contribution in [2.75, 3.05) is 41.5 Å². The number of oxime groups is 1. The molecule has 0 bridgehead atoms. The molecule has 0 aliphatic carbocycles. The molecule has 1 amide bonds. The first kappa shape index (κ1) is 39.5. The number of nitrogens with one attached hydrogen (secondary N) is 1. The lowest BCUT2D eigenvalue weighted by atomic mass is 9.91.